The second-order valence-electron chi connectivity index (χ2n) is 10.0. The van der Waals surface area contributed by atoms with Crippen molar-refractivity contribution in [1.29, 1.82) is 21.0 Å². The third-order valence-electron chi connectivity index (χ3n) is 7.28. The molecule has 0 saturated heterocycles. The van der Waals surface area contributed by atoms with Gasteiger partial charge in [0.25, 0.3) is 0 Å². The van der Waals surface area contributed by atoms with Crippen molar-refractivity contribution in [2.45, 2.75) is 19.3 Å². The highest BCUT2D eigenvalue weighted by Gasteiger charge is 2.49. The molecule has 1 saturated carbocycles. The maximum atomic E-state index is 15.4. The summed E-state index contributed by atoms with van der Waals surface area (Å²) in [5, 5.41) is 38.2. The number of alkyl halides is 6. The van der Waals surface area contributed by atoms with Crippen LogP contribution in [0.15, 0.2) is 16.7 Å². The fraction of sp³-hybridized carbons (Fsp3) is 0.0968. The summed E-state index contributed by atoms with van der Waals surface area (Å²) in [5.41, 5.74) is -27.3. The molecule has 1 aliphatic carbocycles. The molecule has 266 valence electrons. The summed E-state index contributed by atoms with van der Waals surface area (Å²) in [6.07, 6.45) is -12.0. The first-order valence-corrected chi connectivity index (χ1v) is 12.9. The molecule has 4 nitrogen and oxygen atoms in total. The summed E-state index contributed by atoms with van der Waals surface area (Å²) in [6, 6.07) is 3.14. The van der Waals surface area contributed by atoms with E-state index in [0.717, 1.165) is 18.2 Å². The fourth-order valence-corrected chi connectivity index (χ4v) is 5.03. The Morgan fingerprint density at radius 1 is 0.404 bits per heavy atom. The third kappa shape index (κ3) is 5.55. The van der Waals surface area contributed by atoms with Crippen LogP contribution >= 0.6 is 0 Å². The average Bonchev–Trinajstić information content (AvgIpc) is 3.77. The molecule has 1 fully saturated rings. The molecule has 0 N–H and O–H groups in total. The first kappa shape index (κ1) is 38.5. The van der Waals surface area contributed by atoms with Gasteiger partial charge in [-0.3, -0.25) is 0 Å². The van der Waals surface area contributed by atoms with Crippen molar-refractivity contribution in [2.24, 2.45) is 0 Å². The van der Waals surface area contributed by atoms with E-state index in [9.17, 15) is 64.1 Å². The number of benzene rings is 3. The predicted molar refractivity (Wildman–Crippen MR) is 136 cm³/mol. The van der Waals surface area contributed by atoms with Gasteiger partial charge in [0.1, 0.15) is 46.8 Å². The van der Waals surface area contributed by atoms with Crippen LogP contribution in [0, 0.1) is 116 Å². The third-order valence-corrected chi connectivity index (χ3v) is 7.28. The second kappa shape index (κ2) is 12.8. The molecule has 1 aliphatic rings. The Morgan fingerprint density at radius 2 is 0.673 bits per heavy atom. The molecule has 3 aromatic rings. The van der Waals surface area contributed by atoms with Gasteiger partial charge in [0.05, 0.1) is 33.4 Å². The van der Waals surface area contributed by atoms with Crippen molar-refractivity contribution >= 4 is 16.7 Å². The smallest absolute Gasteiger partial charge is 0.206 e. The quantitative estimate of drug-likeness (QED) is 0.151. The van der Waals surface area contributed by atoms with Crippen LogP contribution in [0.3, 0.4) is 0 Å². The number of nitrogens with zero attached hydrogens (tertiary/aromatic N) is 4. The van der Waals surface area contributed by atoms with E-state index in [1.807, 2.05) is 0 Å². The molecule has 21 heteroatoms. The van der Waals surface area contributed by atoms with Gasteiger partial charge in [0.15, 0.2) is 58.2 Å². The van der Waals surface area contributed by atoms with E-state index in [0.29, 0.717) is 6.07 Å². The monoisotopic (exact) mass is 754 g/mol. The Morgan fingerprint density at radius 3 is 0.942 bits per heavy atom. The van der Waals surface area contributed by atoms with Crippen LogP contribution in [-0.4, -0.2) is 0 Å². The van der Waals surface area contributed by atoms with Crippen molar-refractivity contribution in [3.63, 3.8) is 0 Å². The van der Waals surface area contributed by atoms with Crippen molar-refractivity contribution in [3.8, 4) is 24.3 Å². The number of hydrogen-bond acceptors (Lipinski definition) is 4. The normalized spacial score (nSPS) is 15.7. The van der Waals surface area contributed by atoms with Crippen LogP contribution in [0.1, 0.15) is 38.9 Å². The highest BCUT2D eigenvalue weighted by atomic mass is 19.4. The number of nitriles is 4. The standard InChI is InChI=1S/C31H3F17N4/c1-6-17(30(43,44)45)27(40)24(37)14(19(6)32)7(2-49)11-12(8(3-50)15-22(35)20(33)10(5-52)21(34)23(15)36)13(11)9(4-51)16-25(38)28(41)18(31(46,47)48)29(42)26(16)39/h1H3. The molecule has 0 radical (unpaired) electrons. The molecule has 0 unspecified atom stereocenters. The van der Waals surface area contributed by atoms with E-state index in [1.165, 1.54) is 0 Å². The zero-order valence-corrected chi connectivity index (χ0v) is 24.2. The van der Waals surface area contributed by atoms with Crippen LogP contribution in [0.5, 0.6) is 0 Å². The van der Waals surface area contributed by atoms with Crippen molar-refractivity contribution in [3.05, 3.63) is 120 Å². The van der Waals surface area contributed by atoms with Gasteiger partial charge in [-0.1, -0.05) is 0 Å². The molecule has 4 rings (SSSR count). The molecule has 52 heavy (non-hydrogen) atoms. The minimum absolute atomic E-state index is 0.178. The SMILES string of the molecule is Cc1c(F)c(C(C#N)=C2C(=C(C#N)c3c(F)c(F)c(C#N)c(F)c3F)C2=C(C#N)c2c(F)c(F)c(C(F)(F)F)c(F)c2F)c(F)c(F)c1C(F)(F)F. The van der Waals surface area contributed by atoms with E-state index in [4.69, 9.17) is 5.26 Å². The molecular formula is C31H3F17N4. The van der Waals surface area contributed by atoms with Gasteiger partial charge in [-0.05, 0) is 6.92 Å². The van der Waals surface area contributed by atoms with Gasteiger partial charge in [-0.2, -0.15) is 47.4 Å². The Balaban J connectivity index is 2.38. The minimum Gasteiger partial charge on any atom is -0.206 e. The first-order chi connectivity index (χ1) is 24.0. The Bertz CT molecular complexity index is 2230. The van der Waals surface area contributed by atoms with E-state index in [1.54, 1.807) is 0 Å². The summed E-state index contributed by atoms with van der Waals surface area (Å²) in [5.74, 6) is -31.3. The molecular weight excluding hydrogens is 751 g/mol. The Labute approximate surface area is 276 Å². The van der Waals surface area contributed by atoms with Gasteiger partial charge >= 0.3 is 12.4 Å². The van der Waals surface area contributed by atoms with Gasteiger partial charge in [-0.25, -0.2) is 48.3 Å². The maximum absolute atomic E-state index is 15.4. The lowest BCUT2D eigenvalue weighted by Crippen LogP contribution is -2.17. The first-order valence-electron chi connectivity index (χ1n) is 12.9. The Kier molecular flexibility index (Phi) is 9.44. The van der Waals surface area contributed by atoms with Crippen LogP contribution < -0.4 is 0 Å². The van der Waals surface area contributed by atoms with Crippen LogP contribution in [0.25, 0.3) is 16.7 Å². The zero-order chi connectivity index (χ0) is 39.7. The molecule has 0 spiro atoms. The highest BCUT2D eigenvalue weighted by Crippen LogP contribution is 2.58. The van der Waals surface area contributed by atoms with E-state index in [-0.39, 0.29) is 6.92 Å². The van der Waals surface area contributed by atoms with Crippen LogP contribution in [-0.2, 0) is 12.4 Å². The van der Waals surface area contributed by atoms with Crippen LogP contribution in [0.4, 0.5) is 74.6 Å². The van der Waals surface area contributed by atoms with E-state index in [2.05, 4.69) is 0 Å². The second-order valence-corrected chi connectivity index (χ2v) is 10.0. The van der Waals surface area contributed by atoms with Crippen molar-refractivity contribution in [2.75, 3.05) is 0 Å². The predicted octanol–water partition coefficient (Wildman–Crippen LogP) is 9.68. The topological polar surface area (TPSA) is 95.2 Å². The molecule has 0 atom stereocenters. The van der Waals surface area contributed by atoms with Gasteiger partial charge in [-0.15, -0.1) is 0 Å². The van der Waals surface area contributed by atoms with E-state index >= 15 is 26.3 Å². The van der Waals surface area contributed by atoms with Gasteiger partial charge in [0.2, 0.25) is 0 Å². The number of hydrogen-bond donors (Lipinski definition) is 0. The maximum Gasteiger partial charge on any atom is 0.422 e. The zero-order valence-electron chi connectivity index (χ0n) is 24.2. The molecule has 0 aromatic heterocycles. The molecule has 3 aromatic carbocycles. The lowest BCUT2D eigenvalue weighted by molar-refractivity contribution is -0.143. The number of halogens is 17. The number of allylic oxidation sites excluding steroid dienone is 6. The lowest BCUT2D eigenvalue weighted by Gasteiger charge is -2.15. The molecule has 0 aliphatic heterocycles. The van der Waals surface area contributed by atoms with Crippen molar-refractivity contribution < 1.29 is 74.6 Å². The average molecular weight is 754 g/mol. The summed E-state index contributed by atoms with van der Waals surface area (Å²) in [6.45, 7) is 0.178. The largest absolute Gasteiger partial charge is 0.422 e. The molecule has 0 heterocycles. The minimum atomic E-state index is -6.18. The highest BCUT2D eigenvalue weighted by molar-refractivity contribution is 6.12. The summed E-state index contributed by atoms with van der Waals surface area (Å²) in [4.78, 5) is 0. The van der Waals surface area contributed by atoms with Crippen molar-refractivity contribution in [1.82, 2.24) is 0 Å². The fourth-order valence-electron chi connectivity index (χ4n) is 5.03. The molecule has 0 bridgehead atoms. The summed E-state index contributed by atoms with van der Waals surface area (Å²) < 4.78 is 244. The van der Waals surface area contributed by atoms with Gasteiger partial charge in [0, 0.05) is 22.3 Å². The Hall–Kier alpha value is -6.35. The number of rotatable bonds is 3. The summed E-state index contributed by atoms with van der Waals surface area (Å²) >= 11 is 0. The van der Waals surface area contributed by atoms with Gasteiger partial charge < -0.3 is 0 Å². The van der Waals surface area contributed by atoms with E-state index < -0.39 is 149 Å². The lowest BCUT2D eigenvalue weighted by atomic mass is 9.95. The summed E-state index contributed by atoms with van der Waals surface area (Å²) in [7, 11) is 0. The molecule has 0 amide bonds. The van der Waals surface area contributed by atoms with Crippen LogP contribution in [0.2, 0.25) is 0 Å².